The van der Waals surface area contributed by atoms with E-state index in [9.17, 15) is 9.59 Å². The molecule has 3 aromatic rings. The zero-order valence-corrected chi connectivity index (χ0v) is 12.6. The number of nitrogens with zero attached hydrogens (tertiary/aromatic N) is 1. The minimum absolute atomic E-state index is 0.111. The third kappa shape index (κ3) is 3.06. The number of benzene rings is 2. The molecule has 0 bridgehead atoms. The average molecular weight is 305 g/mol. The molecule has 0 aliphatic carbocycles. The Morgan fingerprint density at radius 1 is 1.00 bits per heavy atom. The lowest BCUT2D eigenvalue weighted by molar-refractivity contribution is 0.0992. The molecular formula is C19H15NO3. The predicted octanol–water partition coefficient (Wildman–Crippen LogP) is 4.04. The summed E-state index contributed by atoms with van der Waals surface area (Å²) in [6.45, 7) is 0. The molecule has 1 aromatic heterocycles. The standard InChI is InChI=1S/C19H15NO3/c1-20(16-8-3-2-4-9-16)19(22)15-7-5-6-14(12-15)18-11-10-17(13-21)23-18/h2-13H,1H3. The van der Waals surface area contributed by atoms with Gasteiger partial charge in [-0.2, -0.15) is 0 Å². The largest absolute Gasteiger partial charge is 0.453 e. The highest BCUT2D eigenvalue weighted by atomic mass is 16.3. The Bertz CT molecular complexity index is 837. The minimum Gasteiger partial charge on any atom is -0.453 e. The Kier molecular flexibility index (Phi) is 4.06. The van der Waals surface area contributed by atoms with Crippen molar-refractivity contribution in [1.29, 1.82) is 0 Å². The third-order valence-corrected chi connectivity index (χ3v) is 3.59. The highest BCUT2D eigenvalue weighted by Gasteiger charge is 2.14. The van der Waals surface area contributed by atoms with Gasteiger partial charge in [-0.05, 0) is 36.4 Å². The fourth-order valence-electron chi connectivity index (χ4n) is 2.34. The van der Waals surface area contributed by atoms with Crippen molar-refractivity contribution in [2.45, 2.75) is 0 Å². The second-order valence-electron chi connectivity index (χ2n) is 5.10. The van der Waals surface area contributed by atoms with Crippen molar-refractivity contribution < 1.29 is 14.0 Å². The van der Waals surface area contributed by atoms with Gasteiger partial charge in [-0.3, -0.25) is 9.59 Å². The fraction of sp³-hybridized carbons (Fsp3) is 0.0526. The first kappa shape index (κ1) is 14.8. The van der Waals surface area contributed by atoms with Crippen LogP contribution in [0.3, 0.4) is 0 Å². The number of aldehydes is 1. The topological polar surface area (TPSA) is 50.5 Å². The molecule has 0 N–H and O–H groups in total. The van der Waals surface area contributed by atoms with Crippen molar-refractivity contribution in [2.24, 2.45) is 0 Å². The number of anilines is 1. The first-order valence-corrected chi connectivity index (χ1v) is 7.17. The highest BCUT2D eigenvalue weighted by Crippen LogP contribution is 2.24. The molecule has 0 radical (unpaired) electrons. The van der Waals surface area contributed by atoms with Crippen molar-refractivity contribution in [2.75, 3.05) is 11.9 Å². The SMILES string of the molecule is CN(C(=O)c1cccc(-c2ccc(C=O)o2)c1)c1ccccc1. The molecule has 0 aliphatic heterocycles. The summed E-state index contributed by atoms with van der Waals surface area (Å²) < 4.78 is 5.41. The molecule has 2 aromatic carbocycles. The smallest absolute Gasteiger partial charge is 0.258 e. The number of furan rings is 1. The monoisotopic (exact) mass is 305 g/mol. The van der Waals surface area contributed by atoms with Crippen LogP contribution in [-0.2, 0) is 0 Å². The van der Waals surface area contributed by atoms with Gasteiger partial charge in [0.25, 0.3) is 5.91 Å². The molecule has 23 heavy (non-hydrogen) atoms. The van der Waals surface area contributed by atoms with Crippen LogP contribution >= 0.6 is 0 Å². The van der Waals surface area contributed by atoms with Crippen LogP contribution in [0.25, 0.3) is 11.3 Å². The molecule has 0 aliphatic rings. The lowest BCUT2D eigenvalue weighted by Crippen LogP contribution is -2.26. The van der Waals surface area contributed by atoms with Gasteiger partial charge in [0.2, 0.25) is 0 Å². The molecular weight excluding hydrogens is 290 g/mol. The van der Waals surface area contributed by atoms with Crippen molar-refractivity contribution in [3.8, 4) is 11.3 Å². The van der Waals surface area contributed by atoms with Crippen molar-refractivity contribution in [1.82, 2.24) is 0 Å². The summed E-state index contributed by atoms with van der Waals surface area (Å²) in [5.41, 5.74) is 2.13. The summed E-state index contributed by atoms with van der Waals surface area (Å²) in [6.07, 6.45) is 0.654. The molecule has 1 heterocycles. The van der Waals surface area contributed by atoms with Gasteiger partial charge in [0.05, 0.1) is 0 Å². The van der Waals surface area contributed by atoms with Crippen LogP contribution < -0.4 is 4.90 Å². The van der Waals surface area contributed by atoms with Crippen molar-refractivity contribution >= 4 is 17.9 Å². The summed E-state index contributed by atoms with van der Waals surface area (Å²) in [4.78, 5) is 24.9. The molecule has 0 fully saturated rings. The van der Waals surface area contributed by atoms with E-state index < -0.39 is 0 Å². The van der Waals surface area contributed by atoms with Crippen molar-refractivity contribution in [3.05, 3.63) is 78.1 Å². The predicted molar refractivity (Wildman–Crippen MR) is 88.7 cm³/mol. The first-order valence-electron chi connectivity index (χ1n) is 7.17. The second kappa shape index (κ2) is 6.32. The van der Waals surface area contributed by atoms with E-state index in [0.717, 1.165) is 11.3 Å². The van der Waals surface area contributed by atoms with Crippen LogP contribution in [0, 0.1) is 0 Å². The lowest BCUT2D eigenvalue weighted by atomic mass is 10.1. The number of rotatable bonds is 4. The molecule has 3 rings (SSSR count). The van der Waals surface area contributed by atoms with Gasteiger partial charge in [-0.25, -0.2) is 0 Å². The van der Waals surface area contributed by atoms with Gasteiger partial charge >= 0.3 is 0 Å². The number of hydrogen-bond donors (Lipinski definition) is 0. The van der Waals surface area contributed by atoms with Gasteiger partial charge in [0, 0.05) is 23.9 Å². The molecule has 4 heteroatoms. The summed E-state index contributed by atoms with van der Waals surface area (Å²) in [5, 5.41) is 0. The maximum Gasteiger partial charge on any atom is 0.258 e. The molecule has 0 saturated carbocycles. The Balaban J connectivity index is 1.90. The number of carbonyl (C=O) groups is 2. The molecule has 0 unspecified atom stereocenters. The van der Waals surface area contributed by atoms with Crippen LogP contribution in [-0.4, -0.2) is 19.2 Å². The van der Waals surface area contributed by atoms with E-state index in [4.69, 9.17) is 4.42 Å². The van der Waals surface area contributed by atoms with Crippen LogP contribution in [0.5, 0.6) is 0 Å². The molecule has 1 amide bonds. The number of amides is 1. The van der Waals surface area contributed by atoms with Crippen LogP contribution in [0.2, 0.25) is 0 Å². The summed E-state index contributed by atoms with van der Waals surface area (Å²) in [7, 11) is 1.74. The average Bonchev–Trinajstić information content (AvgIpc) is 3.10. The molecule has 114 valence electrons. The van der Waals surface area contributed by atoms with E-state index in [-0.39, 0.29) is 11.7 Å². The van der Waals surface area contributed by atoms with Gasteiger partial charge in [0.1, 0.15) is 5.76 Å². The third-order valence-electron chi connectivity index (χ3n) is 3.59. The molecule has 0 spiro atoms. The summed E-state index contributed by atoms with van der Waals surface area (Å²) in [6, 6.07) is 19.9. The van der Waals surface area contributed by atoms with E-state index >= 15 is 0 Å². The Hall–Kier alpha value is -3.14. The van der Waals surface area contributed by atoms with E-state index in [0.29, 0.717) is 17.6 Å². The quantitative estimate of drug-likeness (QED) is 0.684. The Labute approximate surface area is 134 Å². The van der Waals surface area contributed by atoms with Gasteiger partial charge < -0.3 is 9.32 Å². The zero-order valence-electron chi connectivity index (χ0n) is 12.6. The van der Waals surface area contributed by atoms with E-state index in [1.807, 2.05) is 36.4 Å². The van der Waals surface area contributed by atoms with Gasteiger partial charge in [-0.1, -0.05) is 30.3 Å². The Morgan fingerprint density at radius 2 is 1.78 bits per heavy atom. The van der Waals surface area contributed by atoms with E-state index in [2.05, 4.69) is 0 Å². The number of para-hydroxylation sites is 1. The second-order valence-corrected chi connectivity index (χ2v) is 5.10. The van der Waals surface area contributed by atoms with Crippen molar-refractivity contribution in [3.63, 3.8) is 0 Å². The van der Waals surface area contributed by atoms with Crippen LogP contribution in [0.1, 0.15) is 20.9 Å². The van der Waals surface area contributed by atoms with E-state index in [1.165, 1.54) is 0 Å². The summed E-state index contributed by atoms with van der Waals surface area (Å²) in [5.74, 6) is 0.711. The van der Waals surface area contributed by atoms with E-state index in [1.54, 1.807) is 42.3 Å². The number of hydrogen-bond acceptors (Lipinski definition) is 3. The summed E-state index contributed by atoms with van der Waals surface area (Å²) >= 11 is 0. The maximum absolute atomic E-state index is 12.6. The zero-order chi connectivity index (χ0) is 16.2. The molecule has 0 saturated heterocycles. The molecule has 4 nitrogen and oxygen atoms in total. The first-order chi connectivity index (χ1) is 11.2. The normalized spacial score (nSPS) is 10.3. The van der Waals surface area contributed by atoms with Crippen LogP contribution in [0.4, 0.5) is 5.69 Å². The minimum atomic E-state index is -0.111. The molecule has 0 atom stereocenters. The maximum atomic E-state index is 12.6. The highest BCUT2D eigenvalue weighted by molar-refractivity contribution is 6.06. The fourth-order valence-corrected chi connectivity index (χ4v) is 2.34. The van der Waals surface area contributed by atoms with Crippen LogP contribution in [0.15, 0.2) is 71.1 Å². The number of carbonyl (C=O) groups excluding carboxylic acids is 2. The lowest BCUT2D eigenvalue weighted by Gasteiger charge is -2.17. The van der Waals surface area contributed by atoms with Gasteiger partial charge in [-0.15, -0.1) is 0 Å². The Morgan fingerprint density at radius 3 is 2.48 bits per heavy atom. The van der Waals surface area contributed by atoms with Gasteiger partial charge in [0.15, 0.2) is 12.0 Å².